The fourth-order valence-corrected chi connectivity index (χ4v) is 3.02. The zero-order valence-electron chi connectivity index (χ0n) is 13.2. The largest absolute Gasteiger partial charge is 0.387 e. The summed E-state index contributed by atoms with van der Waals surface area (Å²) in [5, 5.41) is 14.2. The van der Waals surface area contributed by atoms with Crippen molar-refractivity contribution in [3.8, 4) is 0 Å². The predicted molar refractivity (Wildman–Crippen MR) is 83.4 cm³/mol. The Morgan fingerprint density at radius 1 is 1.43 bits per heavy atom. The van der Waals surface area contributed by atoms with Crippen LogP contribution in [0.2, 0.25) is 0 Å². The Bertz CT molecular complexity index is 648. The number of aromatic nitrogens is 2. The van der Waals surface area contributed by atoms with Gasteiger partial charge in [-0.3, -0.25) is 9.78 Å². The molecule has 0 radical (unpaired) electrons. The van der Waals surface area contributed by atoms with E-state index in [1.807, 2.05) is 30.0 Å². The first-order valence-electron chi connectivity index (χ1n) is 7.92. The first-order valence-corrected chi connectivity index (χ1v) is 7.92. The van der Waals surface area contributed by atoms with Gasteiger partial charge in [0.2, 0.25) is 5.91 Å². The maximum absolute atomic E-state index is 12.3. The van der Waals surface area contributed by atoms with Crippen molar-refractivity contribution < 1.29 is 14.4 Å². The summed E-state index contributed by atoms with van der Waals surface area (Å²) in [5.74, 6) is 0.788. The lowest BCUT2D eigenvalue weighted by atomic mass is 9.89. The highest BCUT2D eigenvalue weighted by Crippen LogP contribution is 2.29. The van der Waals surface area contributed by atoms with Crippen LogP contribution in [0.1, 0.15) is 36.1 Å². The number of rotatable bonds is 4. The lowest BCUT2D eigenvalue weighted by Crippen LogP contribution is -2.40. The van der Waals surface area contributed by atoms with Gasteiger partial charge in [-0.05, 0) is 37.8 Å². The molecule has 1 atom stereocenters. The number of hydrogen-bond acceptors (Lipinski definition) is 5. The highest BCUT2D eigenvalue weighted by molar-refractivity contribution is 5.78. The van der Waals surface area contributed by atoms with Crippen molar-refractivity contribution in [2.75, 3.05) is 13.1 Å². The van der Waals surface area contributed by atoms with Crippen LogP contribution >= 0.6 is 0 Å². The lowest BCUT2D eigenvalue weighted by molar-refractivity contribution is -0.132. The molecule has 0 aliphatic carbocycles. The molecule has 3 heterocycles. The predicted octanol–water partition coefficient (Wildman–Crippen LogP) is 1.89. The number of aryl methyl sites for hydroxylation is 1. The van der Waals surface area contributed by atoms with Crippen LogP contribution in [-0.2, 0) is 11.2 Å². The molecular formula is C17H21N3O3. The standard InChI is InChI=1S/C17H21N3O3/c1-12-10-14(23-19-12)11-16(21)20-8-5-13(6-9-20)17(22)15-4-2-3-7-18-15/h2-4,7,10,13,17,22H,5-6,8-9,11H2,1H3. The maximum Gasteiger partial charge on any atom is 0.230 e. The summed E-state index contributed by atoms with van der Waals surface area (Å²) in [5.41, 5.74) is 1.49. The molecule has 2 aromatic heterocycles. The lowest BCUT2D eigenvalue weighted by Gasteiger charge is -2.34. The van der Waals surface area contributed by atoms with Gasteiger partial charge in [-0.2, -0.15) is 0 Å². The van der Waals surface area contributed by atoms with Gasteiger partial charge in [0, 0.05) is 25.4 Å². The normalized spacial score (nSPS) is 17.2. The van der Waals surface area contributed by atoms with E-state index in [0.29, 0.717) is 24.5 Å². The fourth-order valence-electron chi connectivity index (χ4n) is 3.02. The van der Waals surface area contributed by atoms with E-state index in [9.17, 15) is 9.90 Å². The molecule has 122 valence electrons. The molecule has 23 heavy (non-hydrogen) atoms. The van der Waals surface area contributed by atoms with Crippen molar-refractivity contribution in [2.45, 2.75) is 32.3 Å². The number of hydrogen-bond donors (Lipinski definition) is 1. The Morgan fingerprint density at radius 2 is 2.22 bits per heavy atom. The average molecular weight is 315 g/mol. The minimum Gasteiger partial charge on any atom is -0.387 e. The third-order valence-corrected chi connectivity index (χ3v) is 4.33. The van der Waals surface area contributed by atoms with Gasteiger partial charge in [-0.15, -0.1) is 0 Å². The van der Waals surface area contributed by atoms with Gasteiger partial charge in [-0.1, -0.05) is 11.2 Å². The Labute approximate surface area is 135 Å². The number of nitrogens with zero attached hydrogens (tertiary/aromatic N) is 3. The second-order valence-electron chi connectivity index (χ2n) is 6.03. The van der Waals surface area contributed by atoms with Crippen LogP contribution in [0.15, 0.2) is 35.0 Å². The molecule has 0 saturated carbocycles. The monoisotopic (exact) mass is 315 g/mol. The molecule has 1 fully saturated rings. The second kappa shape index (κ2) is 6.91. The third-order valence-electron chi connectivity index (χ3n) is 4.33. The number of amides is 1. The van der Waals surface area contributed by atoms with Crippen LogP contribution in [0, 0.1) is 12.8 Å². The molecular weight excluding hydrogens is 294 g/mol. The SMILES string of the molecule is Cc1cc(CC(=O)N2CCC(C(O)c3ccccn3)CC2)on1. The summed E-state index contributed by atoms with van der Waals surface area (Å²) in [4.78, 5) is 18.3. The quantitative estimate of drug-likeness (QED) is 0.932. The molecule has 1 aliphatic heterocycles. The smallest absolute Gasteiger partial charge is 0.230 e. The van der Waals surface area contributed by atoms with Gasteiger partial charge in [-0.25, -0.2) is 0 Å². The first-order chi connectivity index (χ1) is 11.1. The number of carbonyl (C=O) groups excluding carboxylic acids is 1. The van der Waals surface area contributed by atoms with Crippen molar-refractivity contribution in [2.24, 2.45) is 5.92 Å². The molecule has 0 spiro atoms. The maximum atomic E-state index is 12.3. The average Bonchev–Trinajstić information content (AvgIpc) is 3.00. The van der Waals surface area contributed by atoms with Crippen LogP contribution in [0.4, 0.5) is 0 Å². The van der Waals surface area contributed by atoms with Crippen molar-refractivity contribution in [1.82, 2.24) is 15.0 Å². The van der Waals surface area contributed by atoms with E-state index >= 15 is 0 Å². The van der Waals surface area contributed by atoms with Crippen molar-refractivity contribution >= 4 is 5.91 Å². The van der Waals surface area contributed by atoms with Gasteiger partial charge in [0.15, 0.2) is 0 Å². The van der Waals surface area contributed by atoms with E-state index in [1.54, 1.807) is 12.3 Å². The summed E-state index contributed by atoms with van der Waals surface area (Å²) in [7, 11) is 0. The van der Waals surface area contributed by atoms with Crippen LogP contribution < -0.4 is 0 Å². The number of piperidine rings is 1. The van der Waals surface area contributed by atoms with Gasteiger partial charge in [0.1, 0.15) is 5.76 Å². The van der Waals surface area contributed by atoms with E-state index in [0.717, 1.165) is 18.5 Å². The van der Waals surface area contributed by atoms with E-state index in [4.69, 9.17) is 4.52 Å². The number of pyridine rings is 1. The molecule has 6 heteroatoms. The topological polar surface area (TPSA) is 79.5 Å². The Kier molecular flexibility index (Phi) is 4.71. The first kappa shape index (κ1) is 15.7. The molecule has 2 aromatic rings. The Hall–Kier alpha value is -2.21. The number of aliphatic hydroxyl groups excluding tert-OH is 1. The van der Waals surface area contributed by atoms with Gasteiger partial charge < -0.3 is 14.5 Å². The van der Waals surface area contributed by atoms with Crippen molar-refractivity contribution in [3.63, 3.8) is 0 Å². The highest BCUT2D eigenvalue weighted by atomic mass is 16.5. The molecule has 1 unspecified atom stereocenters. The zero-order valence-corrected chi connectivity index (χ0v) is 13.2. The van der Waals surface area contributed by atoms with Crippen LogP contribution in [-0.4, -0.2) is 39.1 Å². The summed E-state index contributed by atoms with van der Waals surface area (Å²) in [6.07, 6.45) is 2.92. The van der Waals surface area contributed by atoms with E-state index in [1.165, 1.54) is 0 Å². The minimum atomic E-state index is -0.564. The number of aliphatic hydroxyl groups is 1. The summed E-state index contributed by atoms with van der Waals surface area (Å²) < 4.78 is 5.10. The molecule has 1 amide bonds. The van der Waals surface area contributed by atoms with Crippen LogP contribution in [0.3, 0.4) is 0 Å². The zero-order chi connectivity index (χ0) is 16.2. The summed E-state index contributed by atoms with van der Waals surface area (Å²) in [6, 6.07) is 7.34. The molecule has 0 bridgehead atoms. The van der Waals surface area contributed by atoms with Crippen molar-refractivity contribution in [3.05, 3.63) is 47.6 Å². The van der Waals surface area contributed by atoms with Crippen LogP contribution in [0.25, 0.3) is 0 Å². The fraction of sp³-hybridized carbons (Fsp3) is 0.471. The molecule has 1 saturated heterocycles. The molecule has 6 nitrogen and oxygen atoms in total. The van der Waals surface area contributed by atoms with Gasteiger partial charge >= 0.3 is 0 Å². The van der Waals surface area contributed by atoms with Gasteiger partial charge in [0.25, 0.3) is 0 Å². The summed E-state index contributed by atoms with van der Waals surface area (Å²) in [6.45, 7) is 3.14. The molecule has 0 aromatic carbocycles. The molecule has 3 rings (SSSR count). The number of carbonyl (C=O) groups is 1. The van der Waals surface area contributed by atoms with E-state index < -0.39 is 6.10 Å². The summed E-state index contributed by atoms with van der Waals surface area (Å²) >= 11 is 0. The molecule has 1 aliphatic rings. The Morgan fingerprint density at radius 3 is 2.83 bits per heavy atom. The highest BCUT2D eigenvalue weighted by Gasteiger charge is 2.29. The third kappa shape index (κ3) is 3.76. The second-order valence-corrected chi connectivity index (χ2v) is 6.03. The van der Waals surface area contributed by atoms with Gasteiger partial charge in [0.05, 0.1) is 23.9 Å². The van der Waals surface area contributed by atoms with E-state index in [2.05, 4.69) is 10.1 Å². The Balaban J connectivity index is 1.53. The van der Waals surface area contributed by atoms with Crippen LogP contribution in [0.5, 0.6) is 0 Å². The number of likely N-dealkylation sites (tertiary alicyclic amines) is 1. The van der Waals surface area contributed by atoms with Crippen molar-refractivity contribution in [1.29, 1.82) is 0 Å². The minimum absolute atomic E-state index is 0.0481. The molecule has 1 N–H and O–H groups in total. The van der Waals surface area contributed by atoms with E-state index in [-0.39, 0.29) is 18.2 Å².